The van der Waals surface area contributed by atoms with Gasteiger partial charge in [0.15, 0.2) is 0 Å². The monoisotopic (exact) mass is 251 g/mol. The Morgan fingerprint density at radius 1 is 1.33 bits per heavy atom. The van der Waals surface area contributed by atoms with Gasteiger partial charge in [-0.1, -0.05) is 26.0 Å². The van der Waals surface area contributed by atoms with Crippen molar-refractivity contribution in [3.05, 3.63) is 29.3 Å². The van der Waals surface area contributed by atoms with Crippen LogP contribution in [0.1, 0.15) is 30.9 Å². The molecule has 102 valence electrons. The summed E-state index contributed by atoms with van der Waals surface area (Å²) in [6, 6.07) is 6.30. The fourth-order valence-corrected chi connectivity index (χ4v) is 1.83. The molecule has 1 rings (SSSR count). The SMILES string of the molecule is COc1ccc(CNCC(N)CN)cc1C(C)C. The molecule has 0 bridgehead atoms. The Hall–Kier alpha value is -1.10. The number of nitrogens with two attached hydrogens (primary N) is 2. The predicted molar refractivity (Wildman–Crippen MR) is 75.8 cm³/mol. The van der Waals surface area contributed by atoms with Crippen LogP contribution < -0.4 is 21.5 Å². The van der Waals surface area contributed by atoms with E-state index in [1.54, 1.807) is 7.11 Å². The standard InChI is InChI=1S/C14H25N3O/c1-10(2)13-6-11(4-5-14(13)18-3)8-17-9-12(16)7-15/h4-6,10,12,17H,7-9,15-16H2,1-3H3. The Labute approximate surface area is 110 Å². The van der Waals surface area contributed by atoms with Crippen LogP contribution in [0, 0.1) is 0 Å². The maximum Gasteiger partial charge on any atom is 0.122 e. The first kappa shape index (κ1) is 15.0. The molecule has 1 unspecified atom stereocenters. The van der Waals surface area contributed by atoms with E-state index in [0.29, 0.717) is 12.5 Å². The summed E-state index contributed by atoms with van der Waals surface area (Å²) in [6.07, 6.45) is 0. The van der Waals surface area contributed by atoms with Gasteiger partial charge >= 0.3 is 0 Å². The fourth-order valence-electron chi connectivity index (χ4n) is 1.83. The minimum absolute atomic E-state index is 0.0211. The number of benzene rings is 1. The molecule has 0 fully saturated rings. The molecule has 1 aromatic carbocycles. The third-order valence-electron chi connectivity index (χ3n) is 2.95. The Bertz CT molecular complexity index is 366. The van der Waals surface area contributed by atoms with E-state index in [2.05, 4.69) is 31.3 Å². The third-order valence-corrected chi connectivity index (χ3v) is 2.95. The smallest absolute Gasteiger partial charge is 0.122 e. The zero-order valence-electron chi connectivity index (χ0n) is 11.6. The van der Waals surface area contributed by atoms with Crippen LogP contribution in [0.4, 0.5) is 0 Å². The molecule has 1 aromatic rings. The van der Waals surface area contributed by atoms with Crippen LogP contribution in [0.15, 0.2) is 18.2 Å². The molecule has 18 heavy (non-hydrogen) atoms. The van der Waals surface area contributed by atoms with Crippen molar-refractivity contribution in [2.75, 3.05) is 20.2 Å². The van der Waals surface area contributed by atoms with E-state index in [-0.39, 0.29) is 6.04 Å². The molecule has 0 aromatic heterocycles. The number of nitrogens with one attached hydrogen (secondary N) is 1. The van der Waals surface area contributed by atoms with E-state index >= 15 is 0 Å². The highest BCUT2D eigenvalue weighted by Crippen LogP contribution is 2.27. The number of rotatable bonds is 7. The number of methoxy groups -OCH3 is 1. The van der Waals surface area contributed by atoms with E-state index in [1.165, 1.54) is 11.1 Å². The van der Waals surface area contributed by atoms with Gasteiger partial charge in [0, 0.05) is 25.7 Å². The molecular weight excluding hydrogens is 226 g/mol. The molecule has 0 aliphatic carbocycles. The van der Waals surface area contributed by atoms with Crippen LogP contribution in [0.2, 0.25) is 0 Å². The van der Waals surface area contributed by atoms with Gasteiger partial charge in [0.05, 0.1) is 7.11 Å². The van der Waals surface area contributed by atoms with Gasteiger partial charge in [-0.25, -0.2) is 0 Å². The molecule has 0 aliphatic rings. The second-order valence-electron chi connectivity index (χ2n) is 4.86. The lowest BCUT2D eigenvalue weighted by atomic mass is 9.99. The summed E-state index contributed by atoms with van der Waals surface area (Å²) >= 11 is 0. The average Bonchev–Trinajstić information content (AvgIpc) is 2.38. The summed E-state index contributed by atoms with van der Waals surface area (Å²) in [5.74, 6) is 1.40. The molecule has 0 heterocycles. The summed E-state index contributed by atoms with van der Waals surface area (Å²) in [6.45, 7) is 6.38. The third kappa shape index (κ3) is 4.29. The van der Waals surface area contributed by atoms with Crippen LogP contribution in [0.3, 0.4) is 0 Å². The van der Waals surface area contributed by atoms with Crippen molar-refractivity contribution in [2.45, 2.75) is 32.4 Å². The summed E-state index contributed by atoms with van der Waals surface area (Å²) in [5.41, 5.74) is 13.7. The summed E-state index contributed by atoms with van der Waals surface area (Å²) in [7, 11) is 1.71. The van der Waals surface area contributed by atoms with Gasteiger partial charge in [0.1, 0.15) is 5.75 Å². The predicted octanol–water partition coefficient (Wildman–Crippen LogP) is 1.19. The molecular formula is C14H25N3O. The van der Waals surface area contributed by atoms with Gasteiger partial charge in [-0.05, 0) is 23.1 Å². The quantitative estimate of drug-likeness (QED) is 0.680. The highest BCUT2D eigenvalue weighted by molar-refractivity contribution is 5.39. The molecule has 0 spiro atoms. The minimum Gasteiger partial charge on any atom is -0.496 e. The van der Waals surface area contributed by atoms with Gasteiger partial charge in [-0.3, -0.25) is 0 Å². The largest absolute Gasteiger partial charge is 0.496 e. The Morgan fingerprint density at radius 2 is 2.06 bits per heavy atom. The molecule has 4 heteroatoms. The molecule has 0 aliphatic heterocycles. The van der Waals surface area contributed by atoms with E-state index in [1.807, 2.05) is 6.07 Å². The van der Waals surface area contributed by atoms with Gasteiger partial charge in [0.25, 0.3) is 0 Å². The van der Waals surface area contributed by atoms with Gasteiger partial charge in [-0.15, -0.1) is 0 Å². The van der Waals surface area contributed by atoms with Crippen LogP contribution in [-0.2, 0) is 6.54 Å². The highest BCUT2D eigenvalue weighted by atomic mass is 16.5. The number of hydrogen-bond donors (Lipinski definition) is 3. The molecule has 0 radical (unpaired) electrons. The van der Waals surface area contributed by atoms with E-state index in [0.717, 1.165) is 18.8 Å². The second kappa shape index (κ2) is 7.36. The molecule has 0 saturated heterocycles. The van der Waals surface area contributed by atoms with Crippen LogP contribution in [0.5, 0.6) is 5.75 Å². The van der Waals surface area contributed by atoms with Gasteiger partial charge in [0.2, 0.25) is 0 Å². The Balaban J connectivity index is 2.64. The highest BCUT2D eigenvalue weighted by Gasteiger charge is 2.08. The van der Waals surface area contributed by atoms with E-state index in [4.69, 9.17) is 16.2 Å². The minimum atomic E-state index is 0.0211. The van der Waals surface area contributed by atoms with Crippen LogP contribution in [0.25, 0.3) is 0 Å². The van der Waals surface area contributed by atoms with Gasteiger partial charge in [-0.2, -0.15) is 0 Å². The lowest BCUT2D eigenvalue weighted by molar-refractivity contribution is 0.407. The van der Waals surface area contributed by atoms with Gasteiger partial charge < -0.3 is 21.5 Å². The number of hydrogen-bond acceptors (Lipinski definition) is 4. The second-order valence-corrected chi connectivity index (χ2v) is 4.86. The van der Waals surface area contributed by atoms with Crippen molar-refractivity contribution in [1.29, 1.82) is 0 Å². The first-order valence-corrected chi connectivity index (χ1v) is 6.41. The lowest BCUT2D eigenvalue weighted by Gasteiger charge is -2.15. The summed E-state index contributed by atoms with van der Waals surface area (Å²) < 4.78 is 5.36. The zero-order chi connectivity index (χ0) is 13.5. The summed E-state index contributed by atoms with van der Waals surface area (Å²) in [5, 5.41) is 3.31. The number of ether oxygens (including phenoxy) is 1. The summed E-state index contributed by atoms with van der Waals surface area (Å²) in [4.78, 5) is 0. The Kier molecular flexibility index (Phi) is 6.12. The molecule has 5 N–H and O–H groups in total. The lowest BCUT2D eigenvalue weighted by Crippen LogP contribution is -2.39. The normalized spacial score (nSPS) is 12.8. The van der Waals surface area contributed by atoms with Crippen molar-refractivity contribution in [2.24, 2.45) is 11.5 Å². The fraction of sp³-hybridized carbons (Fsp3) is 0.571. The van der Waals surface area contributed by atoms with Crippen LogP contribution >= 0.6 is 0 Å². The van der Waals surface area contributed by atoms with Crippen molar-refractivity contribution in [3.8, 4) is 5.75 Å². The van der Waals surface area contributed by atoms with Crippen LogP contribution in [-0.4, -0.2) is 26.2 Å². The molecule has 0 saturated carbocycles. The Morgan fingerprint density at radius 3 is 2.61 bits per heavy atom. The van der Waals surface area contributed by atoms with E-state index in [9.17, 15) is 0 Å². The van der Waals surface area contributed by atoms with Crippen molar-refractivity contribution in [3.63, 3.8) is 0 Å². The first-order valence-electron chi connectivity index (χ1n) is 6.41. The van der Waals surface area contributed by atoms with Crippen molar-refractivity contribution >= 4 is 0 Å². The maximum absolute atomic E-state index is 5.75. The topological polar surface area (TPSA) is 73.3 Å². The average molecular weight is 251 g/mol. The maximum atomic E-state index is 5.75. The first-order chi connectivity index (χ1) is 8.58. The molecule has 4 nitrogen and oxygen atoms in total. The van der Waals surface area contributed by atoms with Crippen molar-refractivity contribution in [1.82, 2.24) is 5.32 Å². The van der Waals surface area contributed by atoms with E-state index < -0.39 is 0 Å². The zero-order valence-corrected chi connectivity index (χ0v) is 11.6. The molecule has 0 amide bonds. The molecule has 1 atom stereocenters. The van der Waals surface area contributed by atoms with Crippen molar-refractivity contribution < 1.29 is 4.74 Å².